The minimum atomic E-state index is -4.64. The normalized spacial score (nSPS) is 31.8. The van der Waals surface area contributed by atoms with Gasteiger partial charge in [-0.1, -0.05) is 12.1 Å². The van der Waals surface area contributed by atoms with Gasteiger partial charge in [0.1, 0.15) is 0 Å². The first-order valence-electron chi connectivity index (χ1n) is 9.74. The van der Waals surface area contributed by atoms with E-state index in [0.29, 0.717) is 17.9 Å². The van der Waals surface area contributed by atoms with E-state index >= 15 is 0 Å². The predicted octanol–water partition coefficient (Wildman–Crippen LogP) is 1.73. The van der Waals surface area contributed by atoms with Gasteiger partial charge in [-0.15, -0.1) is 0 Å². The zero-order valence-electron chi connectivity index (χ0n) is 15.3. The van der Waals surface area contributed by atoms with Gasteiger partial charge in [0.2, 0.25) is 0 Å². The van der Waals surface area contributed by atoms with Gasteiger partial charge in [-0.2, -0.15) is 0 Å². The molecule has 0 unspecified atom stereocenters. The Labute approximate surface area is 159 Å². The van der Waals surface area contributed by atoms with Crippen LogP contribution in [0.25, 0.3) is 0 Å². The number of amides is 1. The van der Waals surface area contributed by atoms with E-state index in [-0.39, 0.29) is 0 Å². The van der Waals surface area contributed by atoms with Crippen LogP contribution in [0.5, 0.6) is 0 Å². The van der Waals surface area contributed by atoms with Gasteiger partial charge >= 0.3 is 7.82 Å². The highest BCUT2D eigenvalue weighted by Gasteiger charge is 2.43. The van der Waals surface area contributed by atoms with Crippen molar-refractivity contribution >= 4 is 13.7 Å². The van der Waals surface area contributed by atoms with Crippen molar-refractivity contribution < 1.29 is 24.0 Å². The minimum Gasteiger partial charge on any atom is -0.333 e. The molecule has 5 aliphatic rings. The van der Waals surface area contributed by atoms with Crippen LogP contribution in [0.15, 0.2) is 18.2 Å². The number of rotatable bonds is 1. The summed E-state index contributed by atoms with van der Waals surface area (Å²) in [7, 11) is -4.64. The Balaban J connectivity index is 0.000000323. The highest BCUT2D eigenvalue weighted by Crippen LogP contribution is 2.41. The van der Waals surface area contributed by atoms with Crippen molar-refractivity contribution in [2.75, 3.05) is 26.2 Å². The van der Waals surface area contributed by atoms with Gasteiger partial charge in [-0.3, -0.25) is 4.79 Å². The summed E-state index contributed by atoms with van der Waals surface area (Å²) >= 11 is 0. The molecule has 3 N–H and O–H groups in total. The number of aryl methyl sites for hydroxylation is 1. The number of carbonyl (C=O) groups is 1. The molecule has 1 amide bonds. The molecule has 3 saturated heterocycles. The number of fused-ring (bicyclic) bond motifs is 3. The predicted molar refractivity (Wildman–Crippen MR) is 100 cm³/mol. The smallest absolute Gasteiger partial charge is 0.333 e. The van der Waals surface area contributed by atoms with E-state index in [1.807, 2.05) is 0 Å². The van der Waals surface area contributed by atoms with Crippen LogP contribution < -0.4 is 0 Å². The van der Waals surface area contributed by atoms with Crippen LogP contribution in [0, 0.1) is 5.92 Å². The molecular formula is C19H27N2O5P. The number of hydrogen-bond acceptors (Lipinski definition) is 3. The van der Waals surface area contributed by atoms with Crippen LogP contribution in [-0.2, 0) is 11.0 Å². The van der Waals surface area contributed by atoms with Crippen molar-refractivity contribution in [3.8, 4) is 0 Å². The zero-order chi connectivity index (χ0) is 19.2. The van der Waals surface area contributed by atoms with Gasteiger partial charge in [0.05, 0.1) is 0 Å². The minimum absolute atomic E-state index is 0.314. The average Bonchev–Trinajstić information content (AvgIpc) is 2.64. The second-order valence-corrected chi connectivity index (χ2v) is 9.17. The molecule has 0 radical (unpaired) electrons. The van der Waals surface area contributed by atoms with Crippen LogP contribution in [0.3, 0.4) is 0 Å². The van der Waals surface area contributed by atoms with E-state index in [9.17, 15) is 4.79 Å². The molecule has 0 saturated carbocycles. The number of piperidine rings is 3. The van der Waals surface area contributed by atoms with Gasteiger partial charge < -0.3 is 24.5 Å². The molecule has 2 bridgehead atoms. The molecule has 8 heteroatoms. The Hall–Kier alpha value is -1.24. The lowest BCUT2D eigenvalue weighted by Gasteiger charge is -2.51. The van der Waals surface area contributed by atoms with Crippen LogP contribution in [-0.4, -0.2) is 62.6 Å². The van der Waals surface area contributed by atoms with Crippen molar-refractivity contribution in [1.82, 2.24) is 9.80 Å². The third-order valence-electron chi connectivity index (χ3n) is 6.53. The molecule has 4 aliphatic heterocycles. The van der Waals surface area contributed by atoms with Crippen LogP contribution in [0.4, 0.5) is 0 Å². The van der Waals surface area contributed by atoms with E-state index in [1.165, 1.54) is 49.9 Å². The SMILES string of the molecule is O=C1c2cccc3c2[C@@H](CCC3)CN1[C@@H]1CN2CCC1CC2.O=P(O)(O)O. The van der Waals surface area contributed by atoms with Crippen molar-refractivity contribution in [2.45, 2.75) is 44.1 Å². The molecule has 1 aromatic carbocycles. The molecule has 1 aromatic rings. The van der Waals surface area contributed by atoms with Gasteiger partial charge in [0.25, 0.3) is 5.91 Å². The summed E-state index contributed by atoms with van der Waals surface area (Å²) in [6.45, 7) is 4.57. The van der Waals surface area contributed by atoms with Gasteiger partial charge in [-0.25, -0.2) is 4.57 Å². The van der Waals surface area contributed by atoms with E-state index < -0.39 is 7.82 Å². The maximum Gasteiger partial charge on any atom is 0.466 e. The fourth-order valence-electron chi connectivity index (χ4n) is 5.41. The van der Waals surface area contributed by atoms with Gasteiger partial charge in [0.15, 0.2) is 0 Å². The molecular weight excluding hydrogens is 367 g/mol. The highest BCUT2D eigenvalue weighted by molar-refractivity contribution is 7.45. The first kappa shape index (κ1) is 19.1. The molecule has 3 fully saturated rings. The molecule has 6 rings (SSSR count). The fraction of sp³-hybridized carbons (Fsp3) is 0.632. The van der Waals surface area contributed by atoms with Crippen LogP contribution in [0.1, 0.15) is 53.1 Å². The van der Waals surface area contributed by atoms with Crippen molar-refractivity contribution in [3.05, 3.63) is 34.9 Å². The van der Waals surface area contributed by atoms with Crippen molar-refractivity contribution in [1.29, 1.82) is 0 Å². The molecule has 148 valence electrons. The quantitative estimate of drug-likeness (QED) is 0.627. The Morgan fingerprint density at radius 1 is 1.04 bits per heavy atom. The summed E-state index contributed by atoms with van der Waals surface area (Å²) in [5, 5.41) is 0. The van der Waals surface area contributed by atoms with Gasteiger partial charge in [0, 0.05) is 30.6 Å². The van der Waals surface area contributed by atoms with Crippen molar-refractivity contribution in [2.24, 2.45) is 5.92 Å². The standard InChI is InChI=1S/C19H24N2O.H3O4P/c22-19-16-6-2-4-14-3-1-5-15(18(14)16)11-21(19)17-12-20-9-7-13(17)8-10-20;1-5(2,3)4/h2,4,6,13,15,17H,1,3,5,7-12H2;(H3,1,2,3,4)/t15-,17+;/m0./s1. The second-order valence-electron chi connectivity index (χ2n) is 8.14. The average molecular weight is 394 g/mol. The van der Waals surface area contributed by atoms with E-state index in [0.717, 1.165) is 31.0 Å². The molecule has 4 heterocycles. The first-order valence-corrected chi connectivity index (χ1v) is 11.3. The van der Waals surface area contributed by atoms with E-state index in [1.54, 1.807) is 0 Å². The van der Waals surface area contributed by atoms with Crippen LogP contribution >= 0.6 is 7.82 Å². The third kappa shape index (κ3) is 3.98. The van der Waals surface area contributed by atoms with Gasteiger partial charge in [-0.05, 0) is 68.3 Å². The Kier molecular flexibility index (Phi) is 5.16. The summed E-state index contributed by atoms with van der Waals surface area (Å²) in [6.07, 6.45) is 6.27. The Morgan fingerprint density at radius 2 is 1.74 bits per heavy atom. The molecule has 0 aromatic heterocycles. The number of hydrogen-bond donors (Lipinski definition) is 3. The zero-order valence-corrected chi connectivity index (χ0v) is 16.2. The Morgan fingerprint density at radius 3 is 2.37 bits per heavy atom. The molecule has 7 nitrogen and oxygen atoms in total. The lowest BCUT2D eigenvalue weighted by atomic mass is 9.75. The second kappa shape index (κ2) is 7.30. The number of benzene rings is 1. The lowest BCUT2D eigenvalue weighted by molar-refractivity contribution is 0.00258. The summed E-state index contributed by atoms with van der Waals surface area (Å²) in [4.78, 5) is 39.5. The molecule has 2 atom stereocenters. The maximum absolute atomic E-state index is 13.1. The first-order chi connectivity index (χ1) is 12.8. The van der Waals surface area contributed by atoms with Crippen LogP contribution in [0.2, 0.25) is 0 Å². The lowest BCUT2D eigenvalue weighted by Crippen LogP contribution is -2.60. The topological polar surface area (TPSA) is 101 Å². The summed E-state index contributed by atoms with van der Waals surface area (Å²) < 4.78 is 8.88. The summed E-state index contributed by atoms with van der Waals surface area (Å²) in [5.41, 5.74) is 3.86. The maximum atomic E-state index is 13.1. The summed E-state index contributed by atoms with van der Waals surface area (Å²) in [6, 6.07) is 6.87. The largest absolute Gasteiger partial charge is 0.466 e. The third-order valence-corrected chi connectivity index (χ3v) is 6.53. The van der Waals surface area contributed by atoms with E-state index in [4.69, 9.17) is 19.2 Å². The van der Waals surface area contributed by atoms with Crippen molar-refractivity contribution in [3.63, 3.8) is 0 Å². The fourth-order valence-corrected chi connectivity index (χ4v) is 5.41. The molecule has 1 aliphatic carbocycles. The van der Waals surface area contributed by atoms with E-state index in [2.05, 4.69) is 28.0 Å². The highest BCUT2D eigenvalue weighted by atomic mass is 31.2. The molecule has 0 spiro atoms. The monoisotopic (exact) mass is 394 g/mol. The number of phosphoric acid groups is 1. The number of nitrogens with zero attached hydrogens (tertiary/aromatic N) is 2. The Bertz CT molecular complexity index is 763. The summed E-state index contributed by atoms with van der Waals surface area (Å²) in [5.74, 6) is 1.64. The molecule has 27 heavy (non-hydrogen) atoms. The number of carbonyl (C=O) groups excluding carboxylic acids is 1.